The van der Waals surface area contributed by atoms with Crippen LogP contribution in [0.3, 0.4) is 0 Å². The molecule has 1 aromatic rings. The smallest absolute Gasteiger partial charge is 0.350 e. The van der Waals surface area contributed by atoms with Crippen LogP contribution < -0.4 is 5.32 Å². The van der Waals surface area contributed by atoms with E-state index in [4.69, 9.17) is 0 Å². The molecule has 0 unspecified atom stereocenters. The second kappa shape index (κ2) is 6.68. The molecule has 0 aliphatic carbocycles. The fraction of sp³-hybridized carbons (Fsp3) is 0.462. The SMILES string of the molecule is COC(=O)c1sccc1NC(=O)C(=O)N1CCN(C)CC1. The molecular formula is C13H17N3O4S. The van der Waals surface area contributed by atoms with Gasteiger partial charge in [0.15, 0.2) is 0 Å². The van der Waals surface area contributed by atoms with Gasteiger partial charge in [-0.3, -0.25) is 9.59 Å². The standard InChI is InChI=1S/C13H17N3O4S/c1-15-4-6-16(7-5-15)12(18)11(17)14-9-3-8-21-10(9)13(19)20-2/h3,8H,4-7H2,1-2H3,(H,14,17). The van der Waals surface area contributed by atoms with E-state index in [2.05, 4.69) is 15.0 Å². The lowest BCUT2D eigenvalue weighted by atomic mass is 10.3. The Morgan fingerprint density at radius 3 is 2.52 bits per heavy atom. The Labute approximate surface area is 126 Å². The van der Waals surface area contributed by atoms with Crippen molar-refractivity contribution in [2.45, 2.75) is 0 Å². The summed E-state index contributed by atoms with van der Waals surface area (Å²) in [6.45, 7) is 2.53. The van der Waals surface area contributed by atoms with Crippen LogP contribution in [0.5, 0.6) is 0 Å². The minimum atomic E-state index is -0.733. The zero-order valence-electron chi connectivity index (χ0n) is 11.9. The minimum absolute atomic E-state index is 0.275. The number of amides is 2. The van der Waals surface area contributed by atoms with Crippen molar-refractivity contribution in [2.24, 2.45) is 0 Å². The number of carbonyl (C=O) groups is 3. The largest absolute Gasteiger partial charge is 0.465 e. The molecule has 7 nitrogen and oxygen atoms in total. The molecule has 2 amide bonds. The van der Waals surface area contributed by atoms with E-state index in [-0.39, 0.29) is 4.88 Å². The van der Waals surface area contributed by atoms with E-state index in [0.29, 0.717) is 18.8 Å². The second-order valence-corrected chi connectivity index (χ2v) is 5.62. The van der Waals surface area contributed by atoms with E-state index >= 15 is 0 Å². The van der Waals surface area contributed by atoms with Crippen LogP contribution in [0.15, 0.2) is 11.4 Å². The van der Waals surface area contributed by atoms with Crippen molar-refractivity contribution in [1.82, 2.24) is 9.80 Å². The highest BCUT2D eigenvalue weighted by atomic mass is 32.1. The number of anilines is 1. The van der Waals surface area contributed by atoms with Gasteiger partial charge in [-0.25, -0.2) is 4.79 Å². The highest BCUT2D eigenvalue weighted by molar-refractivity contribution is 7.12. The molecule has 1 N–H and O–H groups in total. The Kier molecular flexibility index (Phi) is 4.92. The lowest BCUT2D eigenvalue weighted by Gasteiger charge is -2.31. The minimum Gasteiger partial charge on any atom is -0.465 e. The molecule has 0 aromatic carbocycles. The third-order valence-corrected chi connectivity index (χ3v) is 4.16. The van der Waals surface area contributed by atoms with E-state index in [1.807, 2.05) is 7.05 Å². The van der Waals surface area contributed by atoms with Crippen molar-refractivity contribution in [3.63, 3.8) is 0 Å². The maximum Gasteiger partial charge on any atom is 0.350 e. The third kappa shape index (κ3) is 3.59. The summed E-state index contributed by atoms with van der Waals surface area (Å²) >= 11 is 1.15. The average molecular weight is 311 g/mol. The summed E-state index contributed by atoms with van der Waals surface area (Å²) in [5.74, 6) is -1.85. The molecule has 8 heteroatoms. The molecule has 0 atom stereocenters. The van der Waals surface area contributed by atoms with E-state index < -0.39 is 17.8 Å². The Morgan fingerprint density at radius 1 is 1.24 bits per heavy atom. The molecule has 0 saturated carbocycles. The lowest BCUT2D eigenvalue weighted by Crippen LogP contribution is -2.50. The maximum absolute atomic E-state index is 12.1. The average Bonchev–Trinajstić information content (AvgIpc) is 2.94. The molecule has 1 saturated heterocycles. The van der Waals surface area contributed by atoms with Crippen LogP contribution in [0, 0.1) is 0 Å². The van der Waals surface area contributed by atoms with Crippen LogP contribution in [-0.2, 0) is 14.3 Å². The molecule has 1 aromatic heterocycles. The first-order valence-electron chi connectivity index (χ1n) is 6.47. The van der Waals surface area contributed by atoms with E-state index in [0.717, 1.165) is 24.4 Å². The van der Waals surface area contributed by atoms with E-state index in [9.17, 15) is 14.4 Å². The maximum atomic E-state index is 12.1. The number of piperazine rings is 1. The number of thiophene rings is 1. The number of carbonyl (C=O) groups excluding carboxylic acids is 3. The molecule has 0 radical (unpaired) electrons. The number of ether oxygens (including phenoxy) is 1. The Bertz CT molecular complexity index is 549. The van der Waals surface area contributed by atoms with Gasteiger partial charge in [0.05, 0.1) is 12.8 Å². The fourth-order valence-electron chi connectivity index (χ4n) is 1.99. The van der Waals surface area contributed by atoms with Gasteiger partial charge >= 0.3 is 17.8 Å². The Morgan fingerprint density at radius 2 is 1.90 bits per heavy atom. The Hall–Kier alpha value is -1.93. The molecule has 2 heterocycles. The first-order chi connectivity index (χ1) is 10.0. The predicted octanol–water partition coefficient (Wildman–Crippen LogP) is 0.247. The number of hydrogen-bond donors (Lipinski definition) is 1. The molecule has 1 aliphatic heterocycles. The van der Waals surface area contributed by atoms with Gasteiger partial charge in [-0.05, 0) is 18.5 Å². The molecular weight excluding hydrogens is 294 g/mol. The molecule has 1 fully saturated rings. The van der Waals surface area contributed by atoms with Gasteiger partial charge in [0, 0.05) is 26.2 Å². The third-order valence-electron chi connectivity index (χ3n) is 3.27. The topological polar surface area (TPSA) is 78.9 Å². The first kappa shape index (κ1) is 15.5. The van der Waals surface area contributed by atoms with Crippen molar-refractivity contribution in [1.29, 1.82) is 0 Å². The van der Waals surface area contributed by atoms with Gasteiger partial charge < -0.3 is 19.9 Å². The fourth-order valence-corrected chi connectivity index (χ4v) is 2.75. The second-order valence-electron chi connectivity index (χ2n) is 4.70. The lowest BCUT2D eigenvalue weighted by molar-refractivity contribution is -0.144. The molecule has 114 valence electrons. The van der Waals surface area contributed by atoms with Crippen LogP contribution in [0.25, 0.3) is 0 Å². The molecule has 0 spiro atoms. The number of nitrogens with one attached hydrogen (secondary N) is 1. The van der Waals surface area contributed by atoms with Gasteiger partial charge in [-0.2, -0.15) is 0 Å². The summed E-state index contributed by atoms with van der Waals surface area (Å²) < 4.78 is 4.62. The van der Waals surface area contributed by atoms with Crippen LogP contribution in [0.1, 0.15) is 9.67 Å². The van der Waals surface area contributed by atoms with Crippen molar-refractivity contribution in [2.75, 3.05) is 45.7 Å². The zero-order chi connectivity index (χ0) is 15.4. The first-order valence-corrected chi connectivity index (χ1v) is 7.35. The normalized spacial score (nSPS) is 15.6. The number of hydrogen-bond acceptors (Lipinski definition) is 6. The summed E-state index contributed by atoms with van der Waals surface area (Å²) in [5, 5.41) is 4.13. The summed E-state index contributed by atoms with van der Waals surface area (Å²) in [7, 11) is 3.24. The van der Waals surface area contributed by atoms with Gasteiger partial charge in [-0.15, -0.1) is 11.3 Å². The number of rotatable bonds is 2. The van der Waals surface area contributed by atoms with Crippen LogP contribution in [0.4, 0.5) is 5.69 Å². The molecule has 21 heavy (non-hydrogen) atoms. The summed E-state index contributed by atoms with van der Waals surface area (Å²) in [4.78, 5) is 39.5. The molecule has 0 bridgehead atoms. The molecule has 2 rings (SSSR count). The number of methoxy groups -OCH3 is 1. The monoisotopic (exact) mass is 311 g/mol. The highest BCUT2D eigenvalue weighted by Gasteiger charge is 2.26. The zero-order valence-corrected chi connectivity index (χ0v) is 12.7. The van der Waals surface area contributed by atoms with Crippen LogP contribution >= 0.6 is 11.3 Å². The van der Waals surface area contributed by atoms with Crippen molar-refractivity contribution in [3.8, 4) is 0 Å². The van der Waals surface area contributed by atoms with Crippen molar-refractivity contribution in [3.05, 3.63) is 16.3 Å². The number of likely N-dealkylation sites (N-methyl/N-ethyl adjacent to an activating group) is 1. The predicted molar refractivity (Wildman–Crippen MR) is 78.4 cm³/mol. The van der Waals surface area contributed by atoms with Gasteiger partial charge in [0.1, 0.15) is 4.88 Å². The quantitative estimate of drug-likeness (QED) is 0.625. The summed E-state index contributed by atoms with van der Waals surface area (Å²) in [6, 6.07) is 1.58. The highest BCUT2D eigenvalue weighted by Crippen LogP contribution is 2.23. The summed E-state index contributed by atoms with van der Waals surface area (Å²) in [5.41, 5.74) is 0.305. The number of nitrogens with zero attached hydrogens (tertiary/aromatic N) is 2. The number of esters is 1. The van der Waals surface area contributed by atoms with Gasteiger partial charge in [-0.1, -0.05) is 0 Å². The van der Waals surface area contributed by atoms with Crippen molar-refractivity contribution >= 4 is 34.8 Å². The Balaban J connectivity index is 2.00. The van der Waals surface area contributed by atoms with Gasteiger partial charge in [0.25, 0.3) is 0 Å². The van der Waals surface area contributed by atoms with E-state index in [1.54, 1.807) is 11.4 Å². The van der Waals surface area contributed by atoms with Crippen molar-refractivity contribution < 1.29 is 19.1 Å². The van der Waals surface area contributed by atoms with Gasteiger partial charge in [0.2, 0.25) is 0 Å². The summed E-state index contributed by atoms with van der Waals surface area (Å²) in [6.07, 6.45) is 0. The van der Waals surface area contributed by atoms with E-state index in [1.165, 1.54) is 12.0 Å². The van der Waals surface area contributed by atoms with Crippen LogP contribution in [0.2, 0.25) is 0 Å². The molecule has 1 aliphatic rings. The van der Waals surface area contributed by atoms with Crippen LogP contribution in [-0.4, -0.2) is 67.9 Å².